The summed E-state index contributed by atoms with van der Waals surface area (Å²) in [5.74, 6) is 0.553. The normalized spacial score (nSPS) is 16.5. The number of benzene rings is 2. The summed E-state index contributed by atoms with van der Waals surface area (Å²) in [6, 6.07) is 13.5. The van der Waals surface area contributed by atoms with Crippen molar-refractivity contribution in [2.75, 3.05) is 7.11 Å². The van der Waals surface area contributed by atoms with Crippen LogP contribution in [0.15, 0.2) is 53.6 Å². The molecule has 1 aliphatic heterocycles. The Labute approximate surface area is 144 Å². The van der Waals surface area contributed by atoms with Gasteiger partial charge in [-0.25, -0.2) is 5.01 Å². The van der Waals surface area contributed by atoms with Gasteiger partial charge in [-0.15, -0.1) is 0 Å². The van der Waals surface area contributed by atoms with Gasteiger partial charge < -0.3 is 4.74 Å². The van der Waals surface area contributed by atoms with E-state index in [1.165, 1.54) is 24.1 Å². The highest BCUT2D eigenvalue weighted by Gasteiger charge is 2.31. The predicted octanol–water partition coefficient (Wildman–Crippen LogP) is 3.30. The van der Waals surface area contributed by atoms with E-state index >= 15 is 0 Å². The number of hydrazone groups is 1. The molecular weight excluding hydrogens is 322 g/mol. The Bertz CT molecular complexity index is 846. The van der Waals surface area contributed by atoms with E-state index in [0.717, 1.165) is 11.3 Å². The van der Waals surface area contributed by atoms with Crippen LogP contribution in [0.4, 0.5) is 5.69 Å². The first-order valence-electron chi connectivity index (χ1n) is 7.75. The van der Waals surface area contributed by atoms with E-state index in [0.29, 0.717) is 17.7 Å². The van der Waals surface area contributed by atoms with Crippen LogP contribution < -0.4 is 4.74 Å². The van der Waals surface area contributed by atoms with Crippen molar-refractivity contribution in [1.29, 1.82) is 0 Å². The second-order valence-corrected chi connectivity index (χ2v) is 5.71. The van der Waals surface area contributed by atoms with Crippen molar-refractivity contribution >= 4 is 17.3 Å². The summed E-state index contributed by atoms with van der Waals surface area (Å²) >= 11 is 0. The zero-order valence-electron chi connectivity index (χ0n) is 13.9. The topological polar surface area (TPSA) is 85.0 Å². The van der Waals surface area contributed by atoms with Gasteiger partial charge in [0.25, 0.3) is 5.69 Å². The minimum absolute atomic E-state index is 0.00229. The molecule has 0 fully saturated rings. The highest BCUT2D eigenvalue weighted by Crippen LogP contribution is 2.34. The molecule has 0 N–H and O–H groups in total. The molecule has 3 rings (SSSR count). The predicted molar refractivity (Wildman–Crippen MR) is 92.5 cm³/mol. The van der Waals surface area contributed by atoms with E-state index in [2.05, 4.69) is 5.10 Å². The van der Waals surface area contributed by atoms with E-state index in [9.17, 15) is 14.9 Å². The number of carbonyl (C=O) groups excluding carboxylic acids is 1. The molecule has 0 bridgehead atoms. The minimum atomic E-state index is -0.442. The van der Waals surface area contributed by atoms with E-state index in [1.54, 1.807) is 19.2 Å². The zero-order chi connectivity index (χ0) is 18.0. The van der Waals surface area contributed by atoms with Crippen molar-refractivity contribution < 1.29 is 14.5 Å². The molecule has 0 aromatic heterocycles. The lowest BCUT2D eigenvalue weighted by molar-refractivity contribution is -0.384. The number of non-ortho nitro benzene ring substituents is 1. The van der Waals surface area contributed by atoms with Crippen molar-refractivity contribution in [2.24, 2.45) is 5.10 Å². The molecule has 2 aromatic carbocycles. The van der Waals surface area contributed by atoms with Gasteiger partial charge in [-0.2, -0.15) is 5.10 Å². The molecule has 7 heteroatoms. The van der Waals surface area contributed by atoms with E-state index in [4.69, 9.17) is 4.74 Å². The summed E-state index contributed by atoms with van der Waals surface area (Å²) in [6.07, 6.45) is 0.493. The third kappa shape index (κ3) is 3.35. The number of nitro benzene ring substituents is 1. The largest absolute Gasteiger partial charge is 0.497 e. The van der Waals surface area contributed by atoms with Gasteiger partial charge in [0.2, 0.25) is 5.91 Å². The Kier molecular flexibility index (Phi) is 4.47. The van der Waals surface area contributed by atoms with Crippen molar-refractivity contribution in [1.82, 2.24) is 5.01 Å². The molecule has 0 saturated heterocycles. The molecule has 0 unspecified atom stereocenters. The van der Waals surface area contributed by atoms with Crippen LogP contribution in [0.1, 0.15) is 30.5 Å². The smallest absolute Gasteiger partial charge is 0.270 e. The monoisotopic (exact) mass is 339 g/mol. The van der Waals surface area contributed by atoms with Gasteiger partial charge in [0.15, 0.2) is 0 Å². The number of carbonyl (C=O) groups is 1. The number of hydrogen-bond donors (Lipinski definition) is 0. The first-order valence-corrected chi connectivity index (χ1v) is 7.75. The van der Waals surface area contributed by atoms with Crippen molar-refractivity contribution in [3.63, 3.8) is 0 Å². The average molecular weight is 339 g/mol. The second kappa shape index (κ2) is 6.72. The summed E-state index contributed by atoms with van der Waals surface area (Å²) in [5.41, 5.74) is 2.24. The van der Waals surface area contributed by atoms with Gasteiger partial charge in [-0.1, -0.05) is 24.3 Å². The molecule has 0 saturated carbocycles. The average Bonchev–Trinajstić information content (AvgIpc) is 3.07. The van der Waals surface area contributed by atoms with Crippen LogP contribution in [0.2, 0.25) is 0 Å². The SMILES string of the molecule is COc1ccc([C@H]2CC(c3cccc([N+](=O)[O-])c3)=NN2C(C)=O)cc1. The van der Waals surface area contributed by atoms with Crippen LogP contribution in [0.3, 0.4) is 0 Å². The zero-order valence-corrected chi connectivity index (χ0v) is 13.9. The quantitative estimate of drug-likeness (QED) is 0.632. The van der Waals surface area contributed by atoms with E-state index in [-0.39, 0.29) is 17.6 Å². The van der Waals surface area contributed by atoms with Gasteiger partial charge in [-0.05, 0) is 17.7 Å². The highest BCUT2D eigenvalue weighted by molar-refractivity contribution is 6.03. The fourth-order valence-electron chi connectivity index (χ4n) is 2.86. The number of amides is 1. The third-order valence-electron chi connectivity index (χ3n) is 4.12. The summed E-state index contributed by atoms with van der Waals surface area (Å²) in [7, 11) is 1.59. The maximum absolute atomic E-state index is 12.0. The highest BCUT2D eigenvalue weighted by atomic mass is 16.6. The Morgan fingerprint density at radius 2 is 2.00 bits per heavy atom. The third-order valence-corrected chi connectivity index (χ3v) is 4.12. The molecular formula is C18H17N3O4. The molecule has 1 amide bonds. The van der Waals surface area contributed by atoms with Gasteiger partial charge >= 0.3 is 0 Å². The first-order chi connectivity index (χ1) is 12.0. The molecule has 0 spiro atoms. The van der Waals surface area contributed by atoms with Crippen molar-refractivity contribution in [3.05, 3.63) is 69.8 Å². The Morgan fingerprint density at radius 1 is 1.28 bits per heavy atom. The number of rotatable bonds is 4. The molecule has 128 valence electrons. The summed E-state index contributed by atoms with van der Waals surface area (Å²) in [5, 5.41) is 16.8. The minimum Gasteiger partial charge on any atom is -0.497 e. The number of hydrogen-bond acceptors (Lipinski definition) is 5. The maximum atomic E-state index is 12.0. The number of nitro groups is 1. The Morgan fingerprint density at radius 3 is 2.60 bits per heavy atom. The number of methoxy groups -OCH3 is 1. The second-order valence-electron chi connectivity index (χ2n) is 5.71. The number of ether oxygens (including phenoxy) is 1. The lowest BCUT2D eigenvalue weighted by Crippen LogP contribution is -2.24. The van der Waals surface area contributed by atoms with E-state index in [1.807, 2.05) is 24.3 Å². The van der Waals surface area contributed by atoms with Crippen molar-refractivity contribution in [3.8, 4) is 5.75 Å². The molecule has 0 aliphatic carbocycles. The summed E-state index contributed by atoms with van der Waals surface area (Å²) in [6.45, 7) is 1.45. The van der Waals surface area contributed by atoms with Gasteiger partial charge in [0.05, 0.1) is 23.8 Å². The van der Waals surface area contributed by atoms with E-state index < -0.39 is 4.92 Å². The standard InChI is InChI=1S/C18H17N3O4/c1-12(22)20-18(13-6-8-16(25-2)9-7-13)11-17(19-20)14-4-3-5-15(10-14)21(23)24/h3-10,18H,11H2,1-2H3/t18-/m1/s1. The Hall–Kier alpha value is -3.22. The molecule has 2 aromatic rings. The van der Waals surface area contributed by atoms with Crippen LogP contribution in [0.25, 0.3) is 0 Å². The van der Waals surface area contributed by atoms with Crippen LogP contribution >= 0.6 is 0 Å². The van der Waals surface area contributed by atoms with Crippen molar-refractivity contribution in [2.45, 2.75) is 19.4 Å². The van der Waals surface area contributed by atoms with Crippen LogP contribution in [-0.2, 0) is 4.79 Å². The fourth-order valence-corrected chi connectivity index (χ4v) is 2.86. The van der Waals surface area contributed by atoms with Crippen LogP contribution in [0.5, 0.6) is 5.75 Å². The molecule has 25 heavy (non-hydrogen) atoms. The molecule has 1 aliphatic rings. The first kappa shape index (κ1) is 16.6. The van der Waals surface area contributed by atoms with Crippen LogP contribution in [-0.4, -0.2) is 28.7 Å². The van der Waals surface area contributed by atoms with Gasteiger partial charge in [0.1, 0.15) is 5.75 Å². The molecule has 7 nitrogen and oxygen atoms in total. The summed E-state index contributed by atoms with van der Waals surface area (Å²) in [4.78, 5) is 22.5. The lowest BCUT2D eigenvalue weighted by Gasteiger charge is -2.20. The number of nitrogens with zero attached hydrogens (tertiary/aromatic N) is 3. The molecule has 1 atom stereocenters. The maximum Gasteiger partial charge on any atom is 0.270 e. The van der Waals surface area contributed by atoms with Crippen LogP contribution in [0, 0.1) is 10.1 Å². The fraction of sp³-hybridized carbons (Fsp3) is 0.222. The Balaban J connectivity index is 1.92. The molecule has 0 radical (unpaired) electrons. The van der Waals surface area contributed by atoms with Gasteiger partial charge in [-0.3, -0.25) is 14.9 Å². The lowest BCUT2D eigenvalue weighted by atomic mass is 9.98. The van der Waals surface area contributed by atoms with Gasteiger partial charge in [0, 0.05) is 31.0 Å². The summed E-state index contributed by atoms with van der Waals surface area (Å²) < 4.78 is 5.16. The molecule has 1 heterocycles.